The monoisotopic (exact) mass is 315 g/mol. The van der Waals surface area contributed by atoms with Crippen LogP contribution in [0.4, 0.5) is 0 Å². The highest BCUT2D eigenvalue weighted by molar-refractivity contribution is 6.30. The number of halogens is 1. The number of nitrogens with one attached hydrogen (secondary N) is 1. The van der Waals surface area contributed by atoms with E-state index in [4.69, 9.17) is 11.6 Å². The van der Waals surface area contributed by atoms with E-state index in [-0.39, 0.29) is 11.3 Å². The Kier molecular flexibility index (Phi) is 5.25. The van der Waals surface area contributed by atoms with Crippen molar-refractivity contribution in [1.29, 1.82) is 0 Å². The quantitative estimate of drug-likeness (QED) is 0.876. The first-order valence-corrected chi connectivity index (χ1v) is 7.83. The highest BCUT2D eigenvalue weighted by Gasteiger charge is 2.21. The second-order valence-corrected chi connectivity index (χ2v) is 6.71. The maximum absolute atomic E-state index is 12.2. The van der Waals surface area contributed by atoms with Crippen LogP contribution < -0.4 is 5.32 Å². The van der Waals surface area contributed by atoms with Crippen molar-refractivity contribution < 1.29 is 4.79 Å². The Morgan fingerprint density at radius 2 is 1.73 bits per heavy atom. The average Bonchev–Trinajstić information content (AvgIpc) is 2.48. The molecule has 0 unspecified atom stereocenters. The number of amides is 1. The van der Waals surface area contributed by atoms with Crippen molar-refractivity contribution in [2.45, 2.75) is 32.6 Å². The Morgan fingerprint density at radius 1 is 1.09 bits per heavy atom. The lowest BCUT2D eigenvalue weighted by Crippen LogP contribution is -2.37. The third-order valence-electron chi connectivity index (χ3n) is 3.97. The highest BCUT2D eigenvalue weighted by atomic mass is 35.5. The average molecular weight is 316 g/mol. The number of hydrogen-bond acceptors (Lipinski definition) is 1. The fourth-order valence-electron chi connectivity index (χ4n) is 2.37. The fourth-order valence-corrected chi connectivity index (χ4v) is 2.49. The molecule has 1 amide bonds. The first-order valence-electron chi connectivity index (χ1n) is 7.46. The molecule has 2 aromatic carbocycles. The van der Waals surface area contributed by atoms with Gasteiger partial charge in [-0.1, -0.05) is 61.8 Å². The summed E-state index contributed by atoms with van der Waals surface area (Å²) in [6.07, 6.45) is 0.420. The number of benzene rings is 2. The van der Waals surface area contributed by atoms with E-state index in [9.17, 15) is 4.79 Å². The summed E-state index contributed by atoms with van der Waals surface area (Å²) in [5.74, 6) is 0.0522. The van der Waals surface area contributed by atoms with Crippen LogP contribution in [-0.4, -0.2) is 12.5 Å². The maximum Gasteiger partial charge on any atom is 0.224 e. The largest absolute Gasteiger partial charge is 0.355 e. The van der Waals surface area contributed by atoms with Gasteiger partial charge >= 0.3 is 0 Å². The van der Waals surface area contributed by atoms with E-state index in [1.165, 1.54) is 0 Å². The number of carbonyl (C=O) groups is 1. The Hall–Kier alpha value is -1.80. The molecule has 0 heterocycles. The SMILES string of the molecule is Cc1ccccc1CC(=O)NCC(C)(C)c1ccc(Cl)cc1. The molecule has 2 rings (SSSR count). The van der Waals surface area contributed by atoms with Crippen molar-refractivity contribution in [3.8, 4) is 0 Å². The number of carbonyl (C=O) groups excluding carboxylic acids is 1. The third kappa shape index (κ3) is 4.35. The molecule has 0 aliphatic carbocycles. The smallest absolute Gasteiger partial charge is 0.224 e. The van der Waals surface area contributed by atoms with Crippen molar-refractivity contribution in [3.63, 3.8) is 0 Å². The third-order valence-corrected chi connectivity index (χ3v) is 4.22. The van der Waals surface area contributed by atoms with Crippen LogP contribution in [0.2, 0.25) is 5.02 Å². The zero-order valence-electron chi connectivity index (χ0n) is 13.3. The van der Waals surface area contributed by atoms with Gasteiger partial charge in [-0.3, -0.25) is 4.79 Å². The van der Waals surface area contributed by atoms with Gasteiger partial charge in [0.1, 0.15) is 0 Å². The van der Waals surface area contributed by atoms with Crippen molar-refractivity contribution in [1.82, 2.24) is 5.32 Å². The molecule has 0 aromatic heterocycles. The van der Waals surface area contributed by atoms with E-state index in [0.29, 0.717) is 13.0 Å². The second kappa shape index (κ2) is 6.97. The zero-order valence-corrected chi connectivity index (χ0v) is 14.1. The molecule has 116 valence electrons. The molecule has 1 N–H and O–H groups in total. The standard InChI is InChI=1S/C19H22ClNO/c1-14-6-4-5-7-15(14)12-18(22)21-13-19(2,3)16-8-10-17(20)11-9-16/h4-11H,12-13H2,1-3H3,(H,21,22). The molecule has 0 atom stereocenters. The predicted molar refractivity (Wildman–Crippen MR) is 92.4 cm³/mol. The molecule has 2 aromatic rings. The van der Waals surface area contributed by atoms with E-state index in [1.807, 2.05) is 55.5 Å². The summed E-state index contributed by atoms with van der Waals surface area (Å²) < 4.78 is 0. The van der Waals surface area contributed by atoms with Crippen molar-refractivity contribution >= 4 is 17.5 Å². The van der Waals surface area contributed by atoms with Gasteiger partial charge in [0.15, 0.2) is 0 Å². The summed E-state index contributed by atoms with van der Waals surface area (Å²) in [6.45, 7) is 6.86. The Labute approximate surface area is 137 Å². The van der Waals surface area contributed by atoms with Crippen molar-refractivity contribution in [2.75, 3.05) is 6.54 Å². The molecule has 0 fully saturated rings. The Bertz CT molecular complexity index is 647. The summed E-state index contributed by atoms with van der Waals surface area (Å²) >= 11 is 5.92. The van der Waals surface area contributed by atoms with Crippen molar-refractivity contribution in [2.24, 2.45) is 0 Å². The van der Waals surface area contributed by atoms with Gasteiger partial charge in [-0.05, 0) is 35.7 Å². The van der Waals surface area contributed by atoms with Crippen LogP contribution in [-0.2, 0) is 16.6 Å². The molecule has 3 heteroatoms. The van der Waals surface area contributed by atoms with Crippen LogP contribution in [0.3, 0.4) is 0 Å². The van der Waals surface area contributed by atoms with Crippen LogP contribution in [0.15, 0.2) is 48.5 Å². The lowest BCUT2D eigenvalue weighted by molar-refractivity contribution is -0.120. The summed E-state index contributed by atoms with van der Waals surface area (Å²) in [7, 11) is 0. The van der Waals surface area contributed by atoms with Gasteiger partial charge in [-0.25, -0.2) is 0 Å². The summed E-state index contributed by atoms with van der Waals surface area (Å²) in [5, 5.41) is 3.76. The predicted octanol–water partition coefficient (Wildman–Crippen LogP) is 4.28. The van der Waals surface area contributed by atoms with Crippen LogP contribution >= 0.6 is 11.6 Å². The van der Waals surface area contributed by atoms with Crippen LogP contribution in [0.5, 0.6) is 0 Å². The molecule has 0 aliphatic rings. The molecular weight excluding hydrogens is 294 g/mol. The van der Waals surface area contributed by atoms with Crippen LogP contribution in [0.25, 0.3) is 0 Å². The molecule has 0 spiro atoms. The molecule has 0 radical (unpaired) electrons. The number of rotatable bonds is 5. The summed E-state index contributed by atoms with van der Waals surface area (Å²) in [6, 6.07) is 15.8. The minimum absolute atomic E-state index is 0.0522. The summed E-state index contributed by atoms with van der Waals surface area (Å²) in [5.41, 5.74) is 3.25. The summed E-state index contributed by atoms with van der Waals surface area (Å²) in [4.78, 5) is 12.2. The molecule has 0 saturated carbocycles. The number of aryl methyl sites for hydroxylation is 1. The minimum atomic E-state index is -0.133. The van der Waals surface area contributed by atoms with Gasteiger partial charge in [-0.2, -0.15) is 0 Å². The highest BCUT2D eigenvalue weighted by Crippen LogP contribution is 2.23. The van der Waals surface area contributed by atoms with Crippen LogP contribution in [0.1, 0.15) is 30.5 Å². The number of hydrogen-bond donors (Lipinski definition) is 1. The van der Waals surface area contributed by atoms with E-state index < -0.39 is 0 Å². The van der Waals surface area contributed by atoms with Gasteiger partial charge in [0.2, 0.25) is 5.91 Å². The van der Waals surface area contributed by atoms with E-state index in [0.717, 1.165) is 21.7 Å². The lowest BCUT2D eigenvalue weighted by Gasteiger charge is -2.26. The van der Waals surface area contributed by atoms with Gasteiger partial charge < -0.3 is 5.32 Å². The van der Waals surface area contributed by atoms with E-state index in [2.05, 4.69) is 19.2 Å². The lowest BCUT2D eigenvalue weighted by atomic mass is 9.84. The van der Waals surface area contributed by atoms with Gasteiger partial charge in [0.05, 0.1) is 6.42 Å². The molecule has 0 saturated heterocycles. The zero-order chi connectivity index (χ0) is 16.2. The molecule has 0 aliphatic heterocycles. The normalized spacial score (nSPS) is 11.3. The van der Waals surface area contributed by atoms with Gasteiger partial charge in [0, 0.05) is 17.0 Å². The van der Waals surface area contributed by atoms with Crippen LogP contribution in [0, 0.1) is 6.92 Å². The van der Waals surface area contributed by atoms with E-state index >= 15 is 0 Å². The second-order valence-electron chi connectivity index (χ2n) is 6.27. The Balaban J connectivity index is 1.95. The minimum Gasteiger partial charge on any atom is -0.355 e. The molecule has 0 bridgehead atoms. The van der Waals surface area contributed by atoms with Crippen molar-refractivity contribution in [3.05, 3.63) is 70.2 Å². The van der Waals surface area contributed by atoms with Gasteiger partial charge in [0.25, 0.3) is 0 Å². The molecule has 22 heavy (non-hydrogen) atoms. The fraction of sp³-hybridized carbons (Fsp3) is 0.316. The first kappa shape index (κ1) is 16.6. The topological polar surface area (TPSA) is 29.1 Å². The molecule has 2 nitrogen and oxygen atoms in total. The van der Waals surface area contributed by atoms with E-state index in [1.54, 1.807) is 0 Å². The maximum atomic E-state index is 12.2. The van der Waals surface area contributed by atoms with Gasteiger partial charge in [-0.15, -0.1) is 0 Å². The first-order chi connectivity index (χ1) is 10.4. The molecular formula is C19H22ClNO. The Morgan fingerprint density at radius 3 is 2.36 bits per heavy atom.